The molecule has 4 heteroatoms. The molecule has 0 fully saturated rings. The first kappa shape index (κ1) is 11.6. The van der Waals surface area contributed by atoms with Gasteiger partial charge in [0.15, 0.2) is 0 Å². The molecule has 0 saturated heterocycles. The van der Waals surface area contributed by atoms with E-state index in [4.69, 9.17) is 0 Å². The predicted octanol–water partition coefficient (Wildman–Crippen LogP) is 2.98. The predicted molar refractivity (Wildman–Crippen MR) is 50.1 cm³/mol. The van der Waals surface area contributed by atoms with Gasteiger partial charge in [-0.2, -0.15) is 13.2 Å². The van der Waals surface area contributed by atoms with Crippen LogP contribution >= 0.6 is 0 Å². The van der Waals surface area contributed by atoms with Crippen LogP contribution in [0.25, 0.3) is 0 Å². The zero-order chi connectivity index (χ0) is 10.8. The number of nitrogens with zero attached hydrogens (tertiary/aromatic N) is 1. The Balaban J connectivity index is 2.51. The normalized spacial score (nSPS) is 20.0. The zero-order valence-corrected chi connectivity index (χ0v) is 8.56. The monoisotopic (exact) mass is 207 g/mol. The SMILES string of the molecule is CC(C)N1CCC=C(CC(F)(F)F)C1. The Morgan fingerprint density at radius 1 is 1.43 bits per heavy atom. The molecular formula is C10H16F3N. The van der Waals surface area contributed by atoms with E-state index in [1.165, 1.54) is 0 Å². The molecular weight excluding hydrogens is 191 g/mol. The lowest BCUT2D eigenvalue weighted by Crippen LogP contribution is -2.36. The molecule has 0 amide bonds. The Morgan fingerprint density at radius 3 is 2.57 bits per heavy atom. The summed E-state index contributed by atoms with van der Waals surface area (Å²) in [6, 6.07) is 0.326. The van der Waals surface area contributed by atoms with E-state index in [1.807, 2.05) is 13.8 Å². The van der Waals surface area contributed by atoms with E-state index in [0.717, 1.165) is 13.0 Å². The van der Waals surface area contributed by atoms with Crippen molar-refractivity contribution in [1.82, 2.24) is 4.90 Å². The maximum Gasteiger partial charge on any atom is 0.392 e. The third-order valence-electron chi connectivity index (χ3n) is 2.41. The first-order valence-electron chi connectivity index (χ1n) is 4.87. The Bertz CT molecular complexity index is 218. The zero-order valence-electron chi connectivity index (χ0n) is 8.56. The van der Waals surface area contributed by atoms with E-state index < -0.39 is 12.6 Å². The lowest BCUT2D eigenvalue weighted by atomic mass is 10.1. The standard InChI is InChI=1S/C10H16F3N/c1-8(2)14-5-3-4-9(7-14)6-10(11,12)13/h4,8H,3,5-7H2,1-2H3. The summed E-state index contributed by atoms with van der Waals surface area (Å²) in [7, 11) is 0. The molecule has 14 heavy (non-hydrogen) atoms. The van der Waals surface area contributed by atoms with Gasteiger partial charge in [-0.1, -0.05) is 11.6 Å². The molecule has 0 aromatic rings. The summed E-state index contributed by atoms with van der Waals surface area (Å²) in [4.78, 5) is 2.07. The van der Waals surface area contributed by atoms with Crippen LogP contribution in [0.4, 0.5) is 13.2 Å². The average Bonchev–Trinajstić information content (AvgIpc) is 2.01. The first-order valence-corrected chi connectivity index (χ1v) is 4.87. The summed E-state index contributed by atoms with van der Waals surface area (Å²) < 4.78 is 36.3. The van der Waals surface area contributed by atoms with Gasteiger partial charge in [0.25, 0.3) is 0 Å². The van der Waals surface area contributed by atoms with Crippen LogP contribution in [-0.4, -0.2) is 30.2 Å². The molecule has 0 unspecified atom stereocenters. The van der Waals surface area contributed by atoms with Gasteiger partial charge >= 0.3 is 6.18 Å². The molecule has 0 aromatic carbocycles. The molecule has 1 heterocycles. The number of alkyl halides is 3. The van der Waals surface area contributed by atoms with E-state index in [-0.39, 0.29) is 0 Å². The van der Waals surface area contributed by atoms with Gasteiger partial charge in [-0.05, 0) is 20.3 Å². The third-order valence-corrected chi connectivity index (χ3v) is 2.41. The van der Waals surface area contributed by atoms with Gasteiger partial charge in [-0.3, -0.25) is 4.90 Å². The molecule has 82 valence electrons. The lowest BCUT2D eigenvalue weighted by Gasteiger charge is -2.30. The highest BCUT2D eigenvalue weighted by Crippen LogP contribution is 2.27. The van der Waals surface area contributed by atoms with Gasteiger partial charge in [-0.15, -0.1) is 0 Å². The molecule has 1 aliphatic heterocycles. The van der Waals surface area contributed by atoms with Crippen LogP contribution in [-0.2, 0) is 0 Å². The summed E-state index contributed by atoms with van der Waals surface area (Å²) in [5, 5.41) is 0. The minimum Gasteiger partial charge on any atom is -0.297 e. The molecule has 0 radical (unpaired) electrons. The van der Waals surface area contributed by atoms with Gasteiger partial charge < -0.3 is 0 Å². The Morgan fingerprint density at radius 2 is 2.07 bits per heavy atom. The van der Waals surface area contributed by atoms with E-state index in [0.29, 0.717) is 18.2 Å². The molecule has 0 saturated carbocycles. The van der Waals surface area contributed by atoms with Crippen molar-refractivity contribution in [3.05, 3.63) is 11.6 Å². The van der Waals surface area contributed by atoms with E-state index >= 15 is 0 Å². The molecule has 1 nitrogen and oxygen atoms in total. The topological polar surface area (TPSA) is 3.24 Å². The van der Waals surface area contributed by atoms with Crippen molar-refractivity contribution in [1.29, 1.82) is 0 Å². The molecule has 0 atom stereocenters. The van der Waals surface area contributed by atoms with Crippen molar-refractivity contribution in [2.24, 2.45) is 0 Å². The van der Waals surface area contributed by atoms with Crippen LogP contribution in [0.1, 0.15) is 26.7 Å². The van der Waals surface area contributed by atoms with Crippen molar-refractivity contribution in [2.75, 3.05) is 13.1 Å². The number of hydrogen-bond donors (Lipinski definition) is 0. The fourth-order valence-electron chi connectivity index (χ4n) is 1.67. The Labute approximate surface area is 82.6 Å². The highest BCUT2D eigenvalue weighted by molar-refractivity contribution is 5.09. The average molecular weight is 207 g/mol. The van der Waals surface area contributed by atoms with E-state index in [2.05, 4.69) is 4.90 Å². The van der Waals surface area contributed by atoms with Gasteiger partial charge in [0.1, 0.15) is 0 Å². The van der Waals surface area contributed by atoms with Crippen LogP contribution in [0.2, 0.25) is 0 Å². The van der Waals surface area contributed by atoms with Crippen LogP contribution < -0.4 is 0 Å². The number of rotatable bonds is 2. The minimum atomic E-state index is -4.06. The highest BCUT2D eigenvalue weighted by atomic mass is 19.4. The second-order valence-electron chi connectivity index (χ2n) is 4.01. The lowest BCUT2D eigenvalue weighted by molar-refractivity contribution is -0.128. The molecule has 0 spiro atoms. The second kappa shape index (κ2) is 4.34. The maximum absolute atomic E-state index is 12.1. The largest absolute Gasteiger partial charge is 0.392 e. The molecule has 0 N–H and O–H groups in total. The quantitative estimate of drug-likeness (QED) is 0.629. The van der Waals surface area contributed by atoms with Gasteiger partial charge in [0, 0.05) is 19.1 Å². The molecule has 0 bridgehead atoms. The maximum atomic E-state index is 12.1. The first-order chi connectivity index (χ1) is 6.38. The third kappa shape index (κ3) is 3.70. The fraction of sp³-hybridized carbons (Fsp3) is 0.800. The van der Waals surface area contributed by atoms with Crippen molar-refractivity contribution in [3.8, 4) is 0 Å². The fourth-order valence-corrected chi connectivity index (χ4v) is 1.67. The summed E-state index contributed by atoms with van der Waals surface area (Å²) in [6.45, 7) is 5.36. The van der Waals surface area contributed by atoms with Crippen LogP contribution in [0.5, 0.6) is 0 Å². The van der Waals surface area contributed by atoms with Gasteiger partial charge in [-0.25, -0.2) is 0 Å². The smallest absolute Gasteiger partial charge is 0.297 e. The number of hydrogen-bond acceptors (Lipinski definition) is 1. The Kier molecular flexibility index (Phi) is 3.59. The molecule has 0 aromatic heterocycles. The van der Waals surface area contributed by atoms with E-state index in [9.17, 15) is 13.2 Å². The summed E-state index contributed by atoms with van der Waals surface area (Å²) >= 11 is 0. The van der Waals surface area contributed by atoms with Crippen molar-refractivity contribution in [2.45, 2.75) is 38.9 Å². The molecule has 1 rings (SSSR count). The minimum absolute atomic E-state index is 0.326. The van der Waals surface area contributed by atoms with Crippen LogP contribution in [0, 0.1) is 0 Å². The van der Waals surface area contributed by atoms with Crippen LogP contribution in [0.15, 0.2) is 11.6 Å². The van der Waals surface area contributed by atoms with Gasteiger partial charge in [0.2, 0.25) is 0 Å². The molecule has 1 aliphatic rings. The second-order valence-corrected chi connectivity index (χ2v) is 4.01. The van der Waals surface area contributed by atoms with Crippen LogP contribution in [0.3, 0.4) is 0 Å². The van der Waals surface area contributed by atoms with Crippen molar-refractivity contribution >= 4 is 0 Å². The van der Waals surface area contributed by atoms with Crippen molar-refractivity contribution in [3.63, 3.8) is 0 Å². The molecule has 0 aliphatic carbocycles. The highest BCUT2D eigenvalue weighted by Gasteiger charge is 2.30. The Hall–Kier alpha value is -0.510. The number of halogens is 3. The van der Waals surface area contributed by atoms with Crippen molar-refractivity contribution < 1.29 is 13.2 Å². The summed E-state index contributed by atoms with van der Waals surface area (Å²) in [5.74, 6) is 0. The van der Waals surface area contributed by atoms with Gasteiger partial charge in [0.05, 0.1) is 6.42 Å². The summed E-state index contributed by atoms with van der Waals surface area (Å²) in [5.41, 5.74) is 0.512. The van der Waals surface area contributed by atoms with E-state index in [1.54, 1.807) is 6.08 Å². The summed E-state index contributed by atoms with van der Waals surface area (Å²) in [6.07, 6.45) is -2.35.